The standard InChI is InChI=1S/C12H14ClN5O/c13-10-5-15-18(7-10)8-12(19)17-4-2-9(6-17)11-1-3-14-16-11/h1,3,5,7,9H,2,4,6,8H2,(H,14,16)/t9-/m1/s1. The summed E-state index contributed by atoms with van der Waals surface area (Å²) in [5.74, 6) is 0.425. The van der Waals surface area contributed by atoms with Gasteiger partial charge in [0.05, 0.1) is 11.2 Å². The topological polar surface area (TPSA) is 66.8 Å². The molecule has 1 fully saturated rings. The fraction of sp³-hybridized carbons (Fsp3) is 0.417. The van der Waals surface area contributed by atoms with Crippen molar-refractivity contribution in [1.82, 2.24) is 24.9 Å². The number of carbonyl (C=O) groups is 1. The van der Waals surface area contributed by atoms with Gasteiger partial charge in [-0.3, -0.25) is 14.6 Å². The number of nitrogens with zero attached hydrogens (tertiary/aromatic N) is 4. The molecule has 1 saturated heterocycles. The monoisotopic (exact) mass is 279 g/mol. The molecule has 0 aromatic carbocycles. The molecule has 0 saturated carbocycles. The lowest BCUT2D eigenvalue weighted by atomic mass is 10.1. The number of likely N-dealkylation sites (tertiary alicyclic amines) is 1. The first-order chi connectivity index (χ1) is 9.22. The number of nitrogens with one attached hydrogen (secondary N) is 1. The highest BCUT2D eigenvalue weighted by Crippen LogP contribution is 2.25. The van der Waals surface area contributed by atoms with E-state index < -0.39 is 0 Å². The molecule has 3 heterocycles. The van der Waals surface area contributed by atoms with Gasteiger partial charge in [-0.05, 0) is 12.5 Å². The second kappa shape index (κ2) is 5.05. The normalized spacial score (nSPS) is 19.0. The predicted octanol–water partition coefficient (Wildman–Crippen LogP) is 1.28. The van der Waals surface area contributed by atoms with Crippen molar-refractivity contribution in [2.45, 2.75) is 18.9 Å². The van der Waals surface area contributed by atoms with Gasteiger partial charge >= 0.3 is 0 Å². The molecular weight excluding hydrogens is 266 g/mol. The minimum absolute atomic E-state index is 0.0711. The third-order valence-electron chi connectivity index (χ3n) is 3.40. The Labute approximate surface area is 115 Å². The van der Waals surface area contributed by atoms with Crippen molar-refractivity contribution in [3.63, 3.8) is 0 Å². The van der Waals surface area contributed by atoms with Gasteiger partial charge in [-0.15, -0.1) is 0 Å². The second-order valence-electron chi connectivity index (χ2n) is 4.69. The van der Waals surface area contributed by atoms with Crippen molar-refractivity contribution in [2.75, 3.05) is 13.1 Å². The highest BCUT2D eigenvalue weighted by atomic mass is 35.5. The van der Waals surface area contributed by atoms with E-state index in [0.29, 0.717) is 10.9 Å². The van der Waals surface area contributed by atoms with Crippen LogP contribution in [0.1, 0.15) is 18.0 Å². The van der Waals surface area contributed by atoms with Crippen molar-refractivity contribution in [1.29, 1.82) is 0 Å². The van der Waals surface area contributed by atoms with E-state index in [1.54, 1.807) is 17.1 Å². The summed E-state index contributed by atoms with van der Waals surface area (Å²) in [6, 6.07) is 1.96. The van der Waals surface area contributed by atoms with E-state index in [1.807, 2.05) is 11.0 Å². The summed E-state index contributed by atoms with van der Waals surface area (Å²) in [5.41, 5.74) is 1.09. The van der Waals surface area contributed by atoms with E-state index in [-0.39, 0.29) is 12.5 Å². The first-order valence-corrected chi connectivity index (χ1v) is 6.55. The molecule has 0 spiro atoms. The number of aromatic amines is 1. The van der Waals surface area contributed by atoms with Gasteiger partial charge in [0.25, 0.3) is 0 Å². The number of amides is 1. The molecule has 3 rings (SSSR count). The molecule has 0 aliphatic carbocycles. The highest BCUT2D eigenvalue weighted by Gasteiger charge is 2.28. The maximum atomic E-state index is 12.1. The molecule has 1 aliphatic heterocycles. The van der Waals surface area contributed by atoms with E-state index in [9.17, 15) is 4.79 Å². The van der Waals surface area contributed by atoms with Crippen LogP contribution in [0.2, 0.25) is 5.02 Å². The zero-order valence-corrected chi connectivity index (χ0v) is 11.0. The Hall–Kier alpha value is -1.82. The zero-order chi connectivity index (χ0) is 13.2. The van der Waals surface area contributed by atoms with Crippen LogP contribution in [0.3, 0.4) is 0 Å². The fourth-order valence-corrected chi connectivity index (χ4v) is 2.55. The van der Waals surface area contributed by atoms with Crippen LogP contribution in [-0.2, 0) is 11.3 Å². The molecule has 6 nitrogen and oxygen atoms in total. The molecule has 100 valence electrons. The maximum Gasteiger partial charge on any atom is 0.244 e. The first-order valence-electron chi connectivity index (χ1n) is 6.17. The van der Waals surface area contributed by atoms with Gasteiger partial charge in [-0.1, -0.05) is 11.6 Å². The summed E-state index contributed by atoms with van der Waals surface area (Å²) in [6.07, 6.45) is 5.90. The molecule has 1 amide bonds. The predicted molar refractivity (Wildman–Crippen MR) is 69.8 cm³/mol. The van der Waals surface area contributed by atoms with Crippen LogP contribution in [-0.4, -0.2) is 43.9 Å². The minimum Gasteiger partial charge on any atom is -0.340 e. The van der Waals surface area contributed by atoms with Gasteiger partial charge in [0.1, 0.15) is 6.54 Å². The Bertz CT molecular complexity index is 564. The maximum absolute atomic E-state index is 12.1. The van der Waals surface area contributed by atoms with Crippen molar-refractivity contribution in [3.8, 4) is 0 Å². The molecule has 0 bridgehead atoms. The van der Waals surface area contributed by atoms with Crippen molar-refractivity contribution in [2.24, 2.45) is 0 Å². The third-order valence-corrected chi connectivity index (χ3v) is 3.60. The van der Waals surface area contributed by atoms with Crippen molar-refractivity contribution < 1.29 is 4.79 Å². The number of hydrogen-bond donors (Lipinski definition) is 1. The average molecular weight is 280 g/mol. The van der Waals surface area contributed by atoms with Gasteiger partial charge < -0.3 is 4.90 Å². The lowest BCUT2D eigenvalue weighted by Crippen LogP contribution is -2.31. The Kier molecular flexibility index (Phi) is 3.25. The third kappa shape index (κ3) is 2.63. The summed E-state index contributed by atoms with van der Waals surface area (Å²) in [5, 5.41) is 11.5. The second-order valence-corrected chi connectivity index (χ2v) is 5.13. The van der Waals surface area contributed by atoms with Crippen LogP contribution in [0.25, 0.3) is 0 Å². The summed E-state index contributed by atoms with van der Waals surface area (Å²) < 4.78 is 1.56. The van der Waals surface area contributed by atoms with Gasteiger partial charge in [-0.25, -0.2) is 0 Å². The number of rotatable bonds is 3. The highest BCUT2D eigenvalue weighted by molar-refractivity contribution is 6.30. The van der Waals surface area contributed by atoms with Crippen LogP contribution in [0.5, 0.6) is 0 Å². The van der Waals surface area contributed by atoms with Crippen LogP contribution in [0.15, 0.2) is 24.7 Å². The van der Waals surface area contributed by atoms with E-state index in [1.165, 1.54) is 6.20 Å². The molecule has 1 N–H and O–H groups in total. The van der Waals surface area contributed by atoms with Gasteiger partial charge in [-0.2, -0.15) is 10.2 Å². The largest absolute Gasteiger partial charge is 0.340 e. The SMILES string of the molecule is O=C(Cn1cc(Cl)cn1)N1CC[C@@H](c2ccn[nH]2)C1. The summed E-state index contributed by atoms with van der Waals surface area (Å²) in [6.45, 7) is 1.75. The lowest BCUT2D eigenvalue weighted by molar-refractivity contribution is -0.131. The number of hydrogen-bond acceptors (Lipinski definition) is 3. The molecule has 19 heavy (non-hydrogen) atoms. The number of aromatic nitrogens is 4. The van der Waals surface area contributed by atoms with Crippen LogP contribution in [0.4, 0.5) is 0 Å². The van der Waals surface area contributed by atoms with E-state index >= 15 is 0 Å². The summed E-state index contributed by atoms with van der Waals surface area (Å²) in [4.78, 5) is 14.0. The Morgan fingerprint density at radius 3 is 3.16 bits per heavy atom. The Morgan fingerprint density at radius 1 is 1.58 bits per heavy atom. The Balaban J connectivity index is 1.60. The number of halogens is 1. The molecule has 7 heteroatoms. The molecule has 2 aromatic heterocycles. The smallest absolute Gasteiger partial charge is 0.244 e. The van der Waals surface area contributed by atoms with E-state index in [0.717, 1.165) is 25.2 Å². The van der Waals surface area contributed by atoms with Gasteiger partial charge in [0, 0.05) is 37.1 Å². The molecule has 1 aliphatic rings. The zero-order valence-electron chi connectivity index (χ0n) is 10.3. The van der Waals surface area contributed by atoms with Crippen LogP contribution >= 0.6 is 11.6 Å². The number of H-pyrrole nitrogens is 1. The van der Waals surface area contributed by atoms with E-state index in [2.05, 4.69) is 15.3 Å². The number of carbonyl (C=O) groups excluding carboxylic acids is 1. The molecular formula is C12H14ClN5O. The summed E-state index contributed by atoms with van der Waals surface area (Å²) in [7, 11) is 0. The quantitative estimate of drug-likeness (QED) is 0.920. The van der Waals surface area contributed by atoms with Crippen LogP contribution in [0, 0.1) is 0 Å². The van der Waals surface area contributed by atoms with Crippen molar-refractivity contribution in [3.05, 3.63) is 35.4 Å². The average Bonchev–Trinajstić information content (AvgIpc) is 3.08. The lowest BCUT2D eigenvalue weighted by Gasteiger charge is -2.16. The Morgan fingerprint density at radius 2 is 2.47 bits per heavy atom. The molecule has 0 radical (unpaired) electrons. The molecule has 1 atom stereocenters. The van der Waals surface area contributed by atoms with Crippen LogP contribution < -0.4 is 0 Å². The summed E-state index contributed by atoms with van der Waals surface area (Å²) >= 11 is 5.77. The molecule has 0 unspecified atom stereocenters. The van der Waals surface area contributed by atoms with Gasteiger partial charge in [0.15, 0.2) is 0 Å². The molecule has 2 aromatic rings. The first kappa shape index (κ1) is 12.2. The fourth-order valence-electron chi connectivity index (χ4n) is 2.40. The van der Waals surface area contributed by atoms with E-state index in [4.69, 9.17) is 11.6 Å². The van der Waals surface area contributed by atoms with Gasteiger partial charge in [0.2, 0.25) is 5.91 Å². The van der Waals surface area contributed by atoms with Crippen molar-refractivity contribution >= 4 is 17.5 Å². The minimum atomic E-state index is 0.0711.